The average molecular weight is 282 g/mol. The van der Waals surface area contributed by atoms with Crippen molar-refractivity contribution in [1.82, 2.24) is 10.0 Å². The molecule has 1 fully saturated rings. The Balaban J connectivity index is 1.84. The van der Waals surface area contributed by atoms with Crippen LogP contribution in [0.25, 0.3) is 0 Å². The number of sulfonamides is 1. The van der Waals surface area contributed by atoms with Crippen molar-refractivity contribution in [2.24, 2.45) is 0 Å². The van der Waals surface area contributed by atoms with E-state index in [1.807, 2.05) is 30.3 Å². The molecule has 1 saturated heterocycles. The fourth-order valence-corrected chi connectivity index (χ4v) is 3.66. The first-order valence-corrected chi connectivity index (χ1v) is 8.55. The van der Waals surface area contributed by atoms with Crippen molar-refractivity contribution in [2.45, 2.75) is 31.7 Å². The van der Waals surface area contributed by atoms with E-state index in [4.69, 9.17) is 0 Å². The van der Waals surface area contributed by atoms with Crippen LogP contribution in [0.15, 0.2) is 30.3 Å². The normalized spacial score (nSPS) is 20.9. The van der Waals surface area contributed by atoms with Gasteiger partial charge in [-0.15, -0.1) is 0 Å². The molecule has 5 heteroatoms. The minimum Gasteiger partial charge on any atom is -0.315 e. The van der Waals surface area contributed by atoms with Gasteiger partial charge < -0.3 is 5.32 Å². The summed E-state index contributed by atoms with van der Waals surface area (Å²) < 4.78 is 26.9. The van der Waals surface area contributed by atoms with Crippen LogP contribution in [-0.4, -0.2) is 33.3 Å². The van der Waals surface area contributed by atoms with Gasteiger partial charge in [0.05, 0.1) is 5.75 Å². The van der Waals surface area contributed by atoms with Gasteiger partial charge >= 0.3 is 0 Å². The third kappa shape index (κ3) is 5.30. The Hall–Kier alpha value is -0.910. The molecule has 0 aromatic heterocycles. The molecule has 0 radical (unpaired) electrons. The lowest BCUT2D eigenvalue weighted by Gasteiger charge is -2.16. The standard InChI is InChI=1S/C14H22N2O2S/c17-19(18,11-9-13-6-2-1-3-7-13)16-14-8-4-5-10-15-12-14/h1-3,6-7,14-16H,4-5,8-12H2. The Bertz CT molecular complexity index is 465. The Morgan fingerprint density at radius 2 is 2.00 bits per heavy atom. The van der Waals surface area contributed by atoms with E-state index in [1.165, 1.54) is 0 Å². The summed E-state index contributed by atoms with van der Waals surface area (Å²) in [5, 5.41) is 3.27. The molecular weight excluding hydrogens is 260 g/mol. The monoisotopic (exact) mass is 282 g/mol. The van der Waals surface area contributed by atoms with Gasteiger partial charge in [0.15, 0.2) is 0 Å². The summed E-state index contributed by atoms with van der Waals surface area (Å²) in [5.74, 6) is 0.160. The number of rotatable bonds is 5. The van der Waals surface area contributed by atoms with E-state index in [9.17, 15) is 8.42 Å². The number of aryl methyl sites for hydroxylation is 1. The Kier molecular flexibility index (Phi) is 5.36. The number of hydrogen-bond donors (Lipinski definition) is 2. The fourth-order valence-electron chi connectivity index (χ4n) is 2.33. The van der Waals surface area contributed by atoms with Crippen LogP contribution in [0, 0.1) is 0 Å². The number of nitrogens with one attached hydrogen (secondary N) is 2. The summed E-state index contributed by atoms with van der Waals surface area (Å²) in [4.78, 5) is 0. The molecule has 2 N–H and O–H groups in total. The predicted molar refractivity (Wildman–Crippen MR) is 77.6 cm³/mol. The Labute approximate surface area is 115 Å². The number of hydrogen-bond acceptors (Lipinski definition) is 3. The molecule has 0 saturated carbocycles. The van der Waals surface area contributed by atoms with Gasteiger partial charge in [-0.3, -0.25) is 0 Å². The first-order chi connectivity index (χ1) is 9.16. The smallest absolute Gasteiger partial charge is 0.212 e. The van der Waals surface area contributed by atoms with Crippen molar-refractivity contribution in [2.75, 3.05) is 18.8 Å². The molecule has 4 nitrogen and oxygen atoms in total. The Morgan fingerprint density at radius 3 is 2.79 bits per heavy atom. The van der Waals surface area contributed by atoms with E-state index in [0.717, 1.165) is 37.9 Å². The van der Waals surface area contributed by atoms with Gasteiger partial charge in [-0.2, -0.15) is 0 Å². The zero-order chi connectivity index (χ0) is 13.6. The lowest BCUT2D eigenvalue weighted by atomic mass is 10.2. The van der Waals surface area contributed by atoms with Crippen molar-refractivity contribution in [1.29, 1.82) is 0 Å². The van der Waals surface area contributed by atoms with Crippen LogP contribution in [0.1, 0.15) is 24.8 Å². The summed E-state index contributed by atoms with van der Waals surface area (Å²) in [6.45, 7) is 1.73. The van der Waals surface area contributed by atoms with Gasteiger partial charge in [0.2, 0.25) is 10.0 Å². The second-order valence-corrected chi connectivity index (χ2v) is 6.94. The second-order valence-electron chi connectivity index (χ2n) is 5.07. The van der Waals surface area contributed by atoms with Gasteiger partial charge in [-0.25, -0.2) is 13.1 Å². The molecule has 1 aliphatic rings. The lowest BCUT2D eigenvalue weighted by molar-refractivity contribution is 0.521. The van der Waals surface area contributed by atoms with Gasteiger partial charge in [-0.1, -0.05) is 36.8 Å². The molecule has 106 valence electrons. The van der Waals surface area contributed by atoms with E-state index >= 15 is 0 Å². The van der Waals surface area contributed by atoms with E-state index in [-0.39, 0.29) is 11.8 Å². The highest BCUT2D eigenvalue weighted by Gasteiger charge is 2.18. The largest absolute Gasteiger partial charge is 0.315 e. The molecule has 1 heterocycles. The van der Waals surface area contributed by atoms with Crippen LogP contribution >= 0.6 is 0 Å². The topological polar surface area (TPSA) is 58.2 Å². The predicted octanol–water partition coefficient (Wildman–Crippen LogP) is 1.29. The van der Waals surface area contributed by atoms with E-state index < -0.39 is 10.0 Å². The zero-order valence-electron chi connectivity index (χ0n) is 11.1. The lowest BCUT2D eigenvalue weighted by Crippen LogP contribution is -2.42. The third-order valence-corrected chi connectivity index (χ3v) is 4.83. The number of benzene rings is 1. The van der Waals surface area contributed by atoms with Gasteiger partial charge in [0, 0.05) is 12.6 Å². The molecule has 19 heavy (non-hydrogen) atoms. The van der Waals surface area contributed by atoms with Crippen LogP contribution < -0.4 is 10.0 Å². The van der Waals surface area contributed by atoms with Gasteiger partial charge in [0.25, 0.3) is 0 Å². The van der Waals surface area contributed by atoms with Crippen molar-refractivity contribution in [3.8, 4) is 0 Å². The van der Waals surface area contributed by atoms with Crippen molar-refractivity contribution in [3.05, 3.63) is 35.9 Å². The third-order valence-electron chi connectivity index (χ3n) is 3.40. The molecule has 1 aromatic rings. The summed E-state index contributed by atoms with van der Waals surface area (Å²) >= 11 is 0. The maximum absolute atomic E-state index is 12.0. The molecule has 2 rings (SSSR count). The Morgan fingerprint density at radius 1 is 1.21 bits per heavy atom. The van der Waals surface area contributed by atoms with Gasteiger partial charge in [0.1, 0.15) is 0 Å². The molecule has 1 aliphatic heterocycles. The van der Waals surface area contributed by atoms with E-state index in [2.05, 4.69) is 10.0 Å². The summed E-state index contributed by atoms with van der Waals surface area (Å²) in [5.41, 5.74) is 1.06. The molecule has 0 bridgehead atoms. The maximum atomic E-state index is 12.0. The first kappa shape index (κ1) is 14.5. The molecular formula is C14H22N2O2S. The fraction of sp³-hybridized carbons (Fsp3) is 0.571. The highest BCUT2D eigenvalue weighted by Crippen LogP contribution is 2.07. The first-order valence-electron chi connectivity index (χ1n) is 6.90. The van der Waals surface area contributed by atoms with Crippen molar-refractivity contribution in [3.63, 3.8) is 0 Å². The van der Waals surface area contributed by atoms with Gasteiger partial charge in [-0.05, 0) is 31.4 Å². The van der Waals surface area contributed by atoms with Crippen LogP contribution in [0.2, 0.25) is 0 Å². The van der Waals surface area contributed by atoms with Crippen LogP contribution in [0.3, 0.4) is 0 Å². The highest BCUT2D eigenvalue weighted by molar-refractivity contribution is 7.89. The van der Waals surface area contributed by atoms with Crippen LogP contribution in [-0.2, 0) is 16.4 Å². The quantitative estimate of drug-likeness (QED) is 0.855. The summed E-state index contributed by atoms with van der Waals surface area (Å²) in [6, 6.07) is 9.77. The molecule has 0 aliphatic carbocycles. The highest BCUT2D eigenvalue weighted by atomic mass is 32.2. The molecule has 1 unspecified atom stereocenters. The minimum absolute atomic E-state index is 0.0447. The van der Waals surface area contributed by atoms with Crippen molar-refractivity contribution >= 4 is 10.0 Å². The molecule has 1 atom stereocenters. The van der Waals surface area contributed by atoms with E-state index in [1.54, 1.807) is 0 Å². The maximum Gasteiger partial charge on any atom is 0.212 e. The van der Waals surface area contributed by atoms with Crippen LogP contribution in [0.5, 0.6) is 0 Å². The molecule has 0 spiro atoms. The summed E-state index contributed by atoms with van der Waals surface area (Å²) in [7, 11) is -3.19. The minimum atomic E-state index is -3.19. The SMILES string of the molecule is O=S(=O)(CCc1ccccc1)NC1CCCCNC1. The second kappa shape index (κ2) is 7.03. The van der Waals surface area contributed by atoms with E-state index in [0.29, 0.717) is 6.42 Å². The zero-order valence-corrected chi connectivity index (χ0v) is 12.0. The van der Waals surface area contributed by atoms with Crippen LogP contribution in [0.4, 0.5) is 0 Å². The molecule has 0 amide bonds. The summed E-state index contributed by atoms with van der Waals surface area (Å²) in [6.07, 6.45) is 3.70. The molecule has 1 aromatic carbocycles. The van der Waals surface area contributed by atoms with Crippen molar-refractivity contribution < 1.29 is 8.42 Å². The average Bonchev–Trinajstić information content (AvgIpc) is 2.66.